The normalized spacial score (nSPS) is 33.0. The second-order valence-electron chi connectivity index (χ2n) is 6.08. The average molecular weight is 275 g/mol. The van der Waals surface area contributed by atoms with E-state index in [1.807, 2.05) is 0 Å². The molecule has 4 heteroatoms. The van der Waals surface area contributed by atoms with Crippen molar-refractivity contribution in [2.45, 2.75) is 38.8 Å². The molecule has 0 spiro atoms. The Balaban J connectivity index is 1.98. The number of aliphatic hydroxyl groups is 1. The van der Waals surface area contributed by atoms with Gasteiger partial charge in [-0.2, -0.15) is 23.5 Å². The summed E-state index contributed by atoms with van der Waals surface area (Å²) in [6, 6.07) is 0.720. The lowest BCUT2D eigenvalue weighted by atomic mass is 9.87. The van der Waals surface area contributed by atoms with Gasteiger partial charge in [-0.05, 0) is 18.3 Å². The molecule has 0 aromatic carbocycles. The number of hydrogen-bond acceptors (Lipinski definition) is 4. The summed E-state index contributed by atoms with van der Waals surface area (Å²) in [7, 11) is 0. The predicted octanol–water partition coefficient (Wildman–Crippen LogP) is 2.32. The number of aliphatic hydroxyl groups excluding tert-OH is 1. The fourth-order valence-electron chi connectivity index (χ4n) is 2.88. The highest BCUT2D eigenvalue weighted by Gasteiger charge is 2.32. The molecule has 0 aromatic rings. The molecule has 0 saturated carbocycles. The van der Waals surface area contributed by atoms with E-state index in [0.717, 1.165) is 32.0 Å². The van der Waals surface area contributed by atoms with Crippen molar-refractivity contribution in [3.05, 3.63) is 0 Å². The van der Waals surface area contributed by atoms with Gasteiger partial charge in [0.05, 0.1) is 6.10 Å². The number of nitrogens with zero attached hydrogens (tertiary/aromatic N) is 1. The quantitative estimate of drug-likeness (QED) is 0.793. The molecule has 100 valence electrons. The monoisotopic (exact) mass is 275 g/mol. The molecule has 1 atom stereocenters. The summed E-state index contributed by atoms with van der Waals surface area (Å²) in [6.45, 7) is 6.82. The standard InChI is InChI=1S/C13H25NOS2/c1-13(2)7-12(15)3-4-14(10-13)11-8-16-5-6-17-9-11/h11-12,15H,3-10H2,1-2H3/t12-/m1/s1. The van der Waals surface area contributed by atoms with Crippen LogP contribution < -0.4 is 0 Å². The Kier molecular flexibility index (Phi) is 5.10. The maximum atomic E-state index is 9.96. The van der Waals surface area contributed by atoms with Gasteiger partial charge in [-0.1, -0.05) is 13.8 Å². The highest BCUT2D eigenvalue weighted by Crippen LogP contribution is 2.31. The molecule has 2 rings (SSSR count). The second kappa shape index (κ2) is 6.18. The number of thioether (sulfide) groups is 2. The van der Waals surface area contributed by atoms with E-state index in [2.05, 4.69) is 42.3 Å². The zero-order valence-electron chi connectivity index (χ0n) is 11.0. The van der Waals surface area contributed by atoms with Crippen LogP contribution in [0.5, 0.6) is 0 Å². The molecular formula is C13H25NOS2. The van der Waals surface area contributed by atoms with Crippen molar-refractivity contribution in [3.8, 4) is 0 Å². The molecule has 0 aromatic heterocycles. The summed E-state index contributed by atoms with van der Waals surface area (Å²) >= 11 is 4.20. The molecule has 2 saturated heterocycles. The largest absolute Gasteiger partial charge is 0.393 e. The van der Waals surface area contributed by atoms with Crippen LogP contribution in [0.3, 0.4) is 0 Å². The molecular weight excluding hydrogens is 250 g/mol. The topological polar surface area (TPSA) is 23.5 Å². The Bertz CT molecular complexity index is 240. The van der Waals surface area contributed by atoms with Gasteiger partial charge >= 0.3 is 0 Å². The van der Waals surface area contributed by atoms with Crippen LogP contribution in [0.4, 0.5) is 0 Å². The van der Waals surface area contributed by atoms with E-state index in [1.54, 1.807) is 0 Å². The fourth-order valence-corrected chi connectivity index (χ4v) is 5.50. The summed E-state index contributed by atoms with van der Waals surface area (Å²) < 4.78 is 0. The first kappa shape index (κ1) is 14.0. The van der Waals surface area contributed by atoms with Gasteiger partial charge in [-0.15, -0.1) is 0 Å². The van der Waals surface area contributed by atoms with Gasteiger partial charge < -0.3 is 5.11 Å². The third-order valence-corrected chi connectivity index (χ3v) is 6.16. The van der Waals surface area contributed by atoms with E-state index in [4.69, 9.17) is 0 Å². The third kappa shape index (κ3) is 4.34. The van der Waals surface area contributed by atoms with Gasteiger partial charge in [0.15, 0.2) is 0 Å². The minimum absolute atomic E-state index is 0.0962. The van der Waals surface area contributed by atoms with E-state index in [9.17, 15) is 5.11 Å². The zero-order chi connectivity index (χ0) is 12.3. The van der Waals surface area contributed by atoms with E-state index in [1.165, 1.54) is 23.0 Å². The molecule has 0 radical (unpaired) electrons. The van der Waals surface area contributed by atoms with E-state index in [-0.39, 0.29) is 11.5 Å². The van der Waals surface area contributed by atoms with Crippen LogP contribution in [-0.2, 0) is 0 Å². The average Bonchev–Trinajstić information content (AvgIpc) is 2.56. The molecule has 0 aliphatic carbocycles. The highest BCUT2D eigenvalue weighted by atomic mass is 32.2. The number of hydrogen-bond donors (Lipinski definition) is 1. The number of likely N-dealkylation sites (tertiary alicyclic amines) is 1. The van der Waals surface area contributed by atoms with Gasteiger partial charge in [0.1, 0.15) is 0 Å². The first-order valence-corrected chi connectivity index (χ1v) is 8.95. The molecule has 0 bridgehead atoms. The molecule has 0 amide bonds. The fraction of sp³-hybridized carbons (Fsp3) is 1.00. The SMILES string of the molecule is CC1(C)C[C@H](O)CCN(C2CSCCSC2)C1. The van der Waals surface area contributed by atoms with Crippen LogP contribution in [0.25, 0.3) is 0 Å². The third-order valence-electron chi connectivity index (χ3n) is 3.68. The minimum Gasteiger partial charge on any atom is -0.393 e. The summed E-state index contributed by atoms with van der Waals surface area (Å²) in [6.07, 6.45) is 1.81. The Morgan fingerprint density at radius 2 is 1.82 bits per heavy atom. The molecule has 2 aliphatic heterocycles. The summed E-state index contributed by atoms with van der Waals surface area (Å²) in [5, 5.41) is 9.96. The van der Waals surface area contributed by atoms with Crippen molar-refractivity contribution < 1.29 is 5.11 Å². The summed E-state index contributed by atoms with van der Waals surface area (Å²) in [5.41, 5.74) is 0.261. The van der Waals surface area contributed by atoms with E-state index in [0.29, 0.717) is 0 Å². The molecule has 2 aliphatic rings. The second-order valence-corrected chi connectivity index (χ2v) is 8.38. The lowest BCUT2D eigenvalue weighted by Crippen LogP contribution is -2.43. The van der Waals surface area contributed by atoms with Gasteiger partial charge in [-0.25, -0.2) is 0 Å². The summed E-state index contributed by atoms with van der Waals surface area (Å²) in [4.78, 5) is 2.64. The highest BCUT2D eigenvalue weighted by molar-refractivity contribution is 8.03. The van der Waals surface area contributed by atoms with Crippen molar-refractivity contribution in [1.82, 2.24) is 4.90 Å². The Hall–Kier alpha value is 0.620. The van der Waals surface area contributed by atoms with E-state index >= 15 is 0 Å². The zero-order valence-corrected chi connectivity index (χ0v) is 12.7. The minimum atomic E-state index is -0.0962. The lowest BCUT2D eigenvalue weighted by molar-refractivity contribution is 0.120. The van der Waals surface area contributed by atoms with Crippen LogP contribution in [0.1, 0.15) is 26.7 Å². The van der Waals surface area contributed by atoms with Crippen LogP contribution in [0, 0.1) is 5.41 Å². The lowest BCUT2D eigenvalue weighted by Gasteiger charge is -2.34. The first-order valence-electron chi connectivity index (χ1n) is 6.64. The Labute approximate surface area is 114 Å². The van der Waals surface area contributed by atoms with Crippen molar-refractivity contribution in [3.63, 3.8) is 0 Å². The van der Waals surface area contributed by atoms with Crippen molar-refractivity contribution in [2.75, 3.05) is 36.1 Å². The van der Waals surface area contributed by atoms with Crippen molar-refractivity contribution >= 4 is 23.5 Å². The maximum Gasteiger partial charge on any atom is 0.0558 e. The van der Waals surface area contributed by atoms with Gasteiger partial charge in [0.25, 0.3) is 0 Å². The molecule has 2 nitrogen and oxygen atoms in total. The van der Waals surface area contributed by atoms with Crippen LogP contribution >= 0.6 is 23.5 Å². The van der Waals surface area contributed by atoms with Crippen LogP contribution in [0.15, 0.2) is 0 Å². The molecule has 1 N–H and O–H groups in total. The van der Waals surface area contributed by atoms with Gasteiger partial charge in [0, 0.05) is 42.1 Å². The van der Waals surface area contributed by atoms with Gasteiger partial charge in [-0.3, -0.25) is 4.90 Å². The molecule has 0 unspecified atom stereocenters. The number of rotatable bonds is 1. The predicted molar refractivity (Wildman–Crippen MR) is 79.0 cm³/mol. The smallest absolute Gasteiger partial charge is 0.0558 e. The van der Waals surface area contributed by atoms with Crippen LogP contribution in [-0.4, -0.2) is 58.3 Å². The van der Waals surface area contributed by atoms with E-state index < -0.39 is 0 Å². The first-order chi connectivity index (χ1) is 8.07. The Morgan fingerprint density at radius 1 is 1.18 bits per heavy atom. The molecule has 17 heavy (non-hydrogen) atoms. The molecule has 2 heterocycles. The molecule has 2 fully saturated rings. The van der Waals surface area contributed by atoms with Crippen molar-refractivity contribution in [2.24, 2.45) is 5.41 Å². The van der Waals surface area contributed by atoms with Crippen LogP contribution in [0.2, 0.25) is 0 Å². The maximum absolute atomic E-state index is 9.96. The Morgan fingerprint density at radius 3 is 2.47 bits per heavy atom. The van der Waals surface area contributed by atoms with Gasteiger partial charge in [0.2, 0.25) is 0 Å². The summed E-state index contributed by atoms with van der Waals surface area (Å²) in [5.74, 6) is 5.17. The van der Waals surface area contributed by atoms with Crippen molar-refractivity contribution in [1.29, 1.82) is 0 Å².